The van der Waals surface area contributed by atoms with Crippen molar-refractivity contribution in [1.82, 2.24) is 0 Å². The zero-order chi connectivity index (χ0) is 11.4. The Labute approximate surface area is 79.1 Å². The second-order valence-corrected chi connectivity index (χ2v) is 0.577. The van der Waals surface area contributed by atoms with Crippen molar-refractivity contribution in [2.75, 3.05) is 0 Å². The maximum absolute atomic E-state index is 4.60. The van der Waals surface area contributed by atoms with Gasteiger partial charge < -0.3 is 0 Å². The van der Waals surface area contributed by atoms with Crippen LogP contribution in [0, 0.1) is 37.5 Å². The van der Waals surface area contributed by atoms with Crippen LogP contribution < -0.4 is 0 Å². The van der Waals surface area contributed by atoms with Crippen molar-refractivity contribution in [1.29, 1.82) is 0 Å². The zero-order valence-electron chi connectivity index (χ0n) is 8.72. The molecule has 0 aromatic carbocycles. The highest BCUT2D eigenvalue weighted by Crippen LogP contribution is 1.22. The Bertz CT molecular complexity index is 92.2. The van der Waals surface area contributed by atoms with Crippen molar-refractivity contribution in [3.05, 3.63) is 13.2 Å². The first-order chi connectivity index (χ1) is 5.83. The van der Waals surface area contributed by atoms with Crippen LogP contribution in [0.1, 0.15) is 27.7 Å². The molecule has 0 fully saturated rings. The predicted molar refractivity (Wildman–Crippen MR) is 61.5 cm³/mol. The molecule has 0 aliphatic rings. The average molecular weight is 164 g/mol. The lowest BCUT2D eigenvalue weighted by Crippen LogP contribution is -1.10. The van der Waals surface area contributed by atoms with Gasteiger partial charge in [-0.25, -0.2) is 0 Å². The number of terminal acetylenes is 3. The molecule has 12 heavy (non-hydrogen) atoms. The third-order valence-electron chi connectivity index (χ3n) is 0. The third kappa shape index (κ3) is 186. The van der Waals surface area contributed by atoms with Gasteiger partial charge in [-0.3, -0.25) is 0 Å². The Kier molecular flexibility index (Phi) is 9930. The lowest BCUT2D eigenvalue weighted by Gasteiger charge is -1.23. The van der Waals surface area contributed by atoms with Crippen LogP contribution in [0.25, 0.3) is 0 Å². The molecule has 0 aliphatic heterocycles. The van der Waals surface area contributed by atoms with Gasteiger partial charge in [0.2, 0.25) is 0 Å². The van der Waals surface area contributed by atoms with Crippen LogP contribution in [0.2, 0.25) is 0 Å². The van der Waals surface area contributed by atoms with E-state index in [1.807, 2.05) is 13.8 Å². The van der Waals surface area contributed by atoms with Gasteiger partial charge >= 0.3 is 0 Å². The molecule has 0 bridgehead atoms. The van der Waals surface area contributed by atoms with E-state index in [1.165, 1.54) is 0 Å². The normalized spacial score (nSPS) is 2.33. The van der Waals surface area contributed by atoms with Crippen molar-refractivity contribution < 1.29 is 0 Å². The molecule has 0 aromatic heterocycles. The summed E-state index contributed by atoms with van der Waals surface area (Å²) >= 11 is 0. The number of rotatable bonds is 0. The van der Waals surface area contributed by atoms with E-state index < -0.39 is 0 Å². The first-order valence-corrected chi connectivity index (χ1v) is 3.41. The van der Waals surface area contributed by atoms with Crippen LogP contribution >= 0.6 is 0 Å². The van der Waals surface area contributed by atoms with Crippen LogP contribution in [0.4, 0.5) is 0 Å². The molecule has 0 amide bonds. The Morgan fingerprint density at radius 2 is 0.833 bits per heavy atom. The first-order valence-electron chi connectivity index (χ1n) is 3.41. The van der Waals surface area contributed by atoms with Gasteiger partial charge in [-0.2, -0.15) is 0 Å². The molecule has 0 heterocycles. The number of hydrogen-bond acceptors (Lipinski definition) is 0. The van der Waals surface area contributed by atoms with E-state index in [4.69, 9.17) is 0 Å². The van der Waals surface area contributed by atoms with Gasteiger partial charge in [-0.1, -0.05) is 13.8 Å². The van der Waals surface area contributed by atoms with Crippen LogP contribution in [-0.4, -0.2) is 0 Å². The Balaban J connectivity index is -0.0000000174. The summed E-state index contributed by atoms with van der Waals surface area (Å²) in [7, 11) is 0. The van der Waals surface area contributed by atoms with Gasteiger partial charge in [0.05, 0.1) is 0 Å². The maximum atomic E-state index is 4.60. The van der Waals surface area contributed by atoms with Gasteiger partial charge in [-0.15, -0.1) is 50.7 Å². The fourth-order valence-electron chi connectivity index (χ4n) is 0. The van der Waals surface area contributed by atoms with E-state index in [-0.39, 0.29) is 0 Å². The van der Waals surface area contributed by atoms with Crippen molar-refractivity contribution in [3.8, 4) is 37.5 Å². The smallest absolute Gasteiger partial charge is 0.00297 e. The standard InChI is InChI=1S/2C3H4.C2H6.C2H4.C2H2/c2*1-3-2;3*1-2/h2*1H,2H3;1-2H3;1-2H2;1-2H. The van der Waals surface area contributed by atoms with Crippen molar-refractivity contribution >= 4 is 0 Å². The summed E-state index contributed by atoms with van der Waals surface area (Å²) in [5.74, 6) is 4.50. The molecule has 0 N–H and O–H groups in total. The molecule has 0 aliphatic carbocycles. The molecule has 68 valence electrons. The molecule has 0 nitrogen and oxygen atoms in total. The Morgan fingerprint density at radius 3 is 0.833 bits per heavy atom. The predicted octanol–water partition coefficient (Wildman–Crippen LogP) is 3.36. The first kappa shape index (κ1) is 31.5. The van der Waals surface area contributed by atoms with E-state index >= 15 is 0 Å². The summed E-state index contributed by atoms with van der Waals surface area (Å²) < 4.78 is 0. The SMILES string of the molecule is C#C.C#CC.C#CC.C=C.CC. The van der Waals surface area contributed by atoms with Crippen LogP contribution in [-0.2, 0) is 0 Å². The van der Waals surface area contributed by atoms with Crippen molar-refractivity contribution in [2.45, 2.75) is 27.7 Å². The van der Waals surface area contributed by atoms with Gasteiger partial charge in [-0.05, 0) is 13.8 Å². The van der Waals surface area contributed by atoms with E-state index in [0.29, 0.717) is 0 Å². The topological polar surface area (TPSA) is 0 Å². The molecular weight excluding hydrogens is 144 g/mol. The largest absolute Gasteiger partial charge is 0.124 e. The summed E-state index contributed by atoms with van der Waals surface area (Å²) in [5.41, 5.74) is 0. The summed E-state index contributed by atoms with van der Waals surface area (Å²) in [5, 5.41) is 0. The van der Waals surface area contributed by atoms with Crippen molar-refractivity contribution in [3.63, 3.8) is 0 Å². The highest BCUT2D eigenvalue weighted by atomic mass is 13.2. The third-order valence-corrected chi connectivity index (χ3v) is 0. The van der Waals surface area contributed by atoms with Crippen LogP contribution in [0.15, 0.2) is 13.2 Å². The molecule has 0 atom stereocenters. The highest BCUT2D eigenvalue weighted by Gasteiger charge is 1.09. The summed E-state index contributed by atoms with van der Waals surface area (Å²) in [6.45, 7) is 13.3. The molecule has 0 radical (unpaired) electrons. The summed E-state index contributed by atoms with van der Waals surface area (Å²) in [6.07, 6.45) is 17.2. The minimum atomic E-state index is 1.65. The van der Waals surface area contributed by atoms with Gasteiger partial charge in [0.25, 0.3) is 0 Å². The minimum absolute atomic E-state index is 1.65. The quantitative estimate of drug-likeness (QED) is 0.380. The molecule has 0 unspecified atom stereocenters. The molecule has 0 aromatic rings. The summed E-state index contributed by atoms with van der Waals surface area (Å²) in [6, 6.07) is 0. The summed E-state index contributed by atoms with van der Waals surface area (Å²) in [4.78, 5) is 0. The fourth-order valence-corrected chi connectivity index (χ4v) is 0. The zero-order valence-corrected chi connectivity index (χ0v) is 8.72. The van der Waals surface area contributed by atoms with E-state index in [1.54, 1.807) is 13.8 Å². The van der Waals surface area contributed by atoms with Crippen LogP contribution in [0.3, 0.4) is 0 Å². The lowest BCUT2D eigenvalue weighted by atomic mass is 10.9. The van der Waals surface area contributed by atoms with Crippen LogP contribution in [0.5, 0.6) is 0 Å². The number of hydrogen-bond donors (Lipinski definition) is 0. The molecule has 0 rings (SSSR count). The fraction of sp³-hybridized carbons (Fsp3) is 0.333. The Morgan fingerprint density at radius 1 is 0.833 bits per heavy atom. The van der Waals surface area contributed by atoms with E-state index in [0.717, 1.165) is 0 Å². The average Bonchev–Trinajstić information content (AvgIpc) is 2.16. The second kappa shape index (κ2) is 3790. The monoisotopic (exact) mass is 164 g/mol. The van der Waals surface area contributed by atoms with E-state index in [9.17, 15) is 0 Å². The molecular formula is C12H20. The van der Waals surface area contributed by atoms with E-state index in [2.05, 4.69) is 50.7 Å². The van der Waals surface area contributed by atoms with Gasteiger partial charge in [0.1, 0.15) is 0 Å². The second-order valence-electron chi connectivity index (χ2n) is 0.577. The molecule has 0 spiro atoms. The molecule has 0 heteroatoms. The maximum Gasteiger partial charge on any atom is -0.00297 e. The molecule has 0 saturated heterocycles. The van der Waals surface area contributed by atoms with Gasteiger partial charge in [0.15, 0.2) is 0 Å². The molecule has 0 saturated carbocycles. The highest BCUT2D eigenvalue weighted by molar-refractivity contribution is 4.73. The minimum Gasteiger partial charge on any atom is -0.124 e. The lowest BCUT2D eigenvalue weighted by molar-refractivity contribution is 1.50. The van der Waals surface area contributed by atoms with Gasteiger partial charge in [0, 0.05) is 0 Å². The van der Waals surface area contributed by atoms with Crippen molar-refractivity contribution in [2.24, 2.45) is 0 Å². The Hall–Kier alpha value is -1.58.